The highest BCUT2D eigenvalue weighted by Crippen LogP contribution is 2.15. The topological polar surface area (TPSA) is 57.7 Å². The Morgan fingerprint density at radius 3 is 2.20 bits per heavy atom. The smallest absolute Gasteiger partial charge is 0.243 e. The van der Waals surface area contributed by atoms with E-state index in [1.165, 1.54) is 25.1 Å². The van der Waals surface area contributed by atoms with Crippen LogP contribution in [0.25, 0.3) is 0 Å². The maximum Gasteiger partial charge on any atom is 0.243 e. The zero-order valence-electron chi connectivity index (χ0n) is 13.8. The summed E-state index contributed by atoms with van der Waals surface area (Å²) in [7, 11) is -1.20. The lowest BCUT2D eigenvalue weighted by Crippen LogP contribution is -2.39. The predicted molar refractivity (Wildman–Crippen MR) is 89.1 cm³/mol. The Kier molecular flexibility index (Phi) is 5.86. The van der Waals surface area contributed by atoms with Gasteiger partial charge in [-0.1, -0.05) is 18.2 Å². The molecule has 0 atom stereocenters. The fourth-order valence-corrected chi connectivity index (χ4v) is 3.27. The van der Waals surface area contributed by atoms with Crippen molar-refractivity contribution in [2.75, 3.05) is 20.6 Å². The van der Waals surface area contributed by atoms with E-state index < -0.39 is 34.1 Å². The Morgan fingerprint density at radius 2 is 1.60 bits per heavy atom. The summed E-state index contributed by atoms with van der Waals surface area (Å²) < 4.78 is 52.2. The molecule has 134 valence electrons. The molecule has 0 aliphatic carbocycles. The summed E-state index contributed by atoms with van der Waals surface area (Å²) in [5.41, 5.74) is 0.336. The summed E-state index contributed by atoms with van der Waals surface area (Å²) >= 11 is 0. The highest BCUT2D eigenvalue weighted by atomic mass is 32.2. The molecule has 1 amide bonds. The van der Waals surface area contributed by atoms with Crippen LogP contribution >= 0.6 is 0 Å². The molecule has 0 aliphatic heterocycles. The van der Waals surface area contributed by atoms with Gasteiger partial charge in [0.1, 0.15) is 11.6 Å². The van der Waals surface area contributed by atoms with Gasteiger partial charge < -0.3 is 4.90 Å². The number of rotatable bonds is 6. The monoisotopic (exact) mass is 368 g/mol. The largest absolute Gasteiger partial charge is 0.340 e. The van der Waals surface area contributed by atoms with Gasteiger partial charge in [0.2, 0.25) is 15.9 Å². The number of likely N-dealkylation sites (N-methyl/N-ethyl adjacent to an activating group) is 2. The van der Waals surface area contributed by atoms with Gasteiger partial charge in [-0.25, -0.2) is 17.2 Å². The maximum absolute atomic E-state index is 13.6. The van der Waals surface area contributed by atoms with E-state index in [0.717, 1.165) is 28.6 Å². The van der Waals surface area contributed by atoms with E-state index in [-0.39, 0.29) is 11.4 Å². The van der Waals surface area contributed by atoms with E-state index in [0.29, 0.717) is 5.56 Å². The maximum atomic E-state index is 13.6. The molecule has 2 aromatic rings. The first kappa shape index (κ1) is 19.0. The van der Waals surface area contributed by atoms with Crippen LogP contribution in [-0.2, 0) is 21.4 Å². The van der Waals surface area contributed by atoms with E-state index in [1.54, 1.807) is 18.2 Å². The number of hydrogen-bond donors (Lipinski definition) is 0. The van der Waals surface area contributed by atoms with Crippen LogP contribution in [0, 0.1) is 11.6 Å². The summed E-state index contributed by atoms with van der Waals surface area (Å²) in [6, 6.07) is 10.4. The van der Waals surface area contributed by atoms with E-state index in [4.69, 9.17) is 0 Å². The zero-order valence-corrected chi connectivity index (χ0v) is 14.6. The molecule has 0 spiro atoms. The van der Waals surface area contributed by atoms with E-state index in [9.17, 15) is 22.0 Å². The highest BCUT2D eigenvalue weighted by Gasteiger charge is 2.24. The normalized spacial score (nSPS) is 11.6. The molecule has 0 aliphatic rings. The lowest BCUT2D eigenvalue weighted by molar-refractivity contribution is -0.130. The van der Waals surface area contributed by atoms with Crippen LogP contribution in [0.2, 0.25) is 0 Å². The number of hydrogen-bond acceptors (Lipinski definition) is 3. The molecule has 5 nitrogen and oxygen atoms in total. The summed E-state index contributed by atoms with van der Waals surface area (Å²) in [4.78, 5) is 13.4. The van der Waals surface area contributed by atoms with Crippen LogP contribution in [-0.4, -0.2) is 44.2 Å². The molecule has 2 rings (SSSR count). The average Bonchev–Trinajstić information content (AvgIpc) is 2.57. The van der Waals surface area contributed by atoms with Crippen LogP contribution in [0.1, 0.15) is 5.56 Å². The van der Waals surface area contributed by atoms with Gasteiger partial charge in [-0.05, 0) is 30.3 Å². The van der Waals surface area contributed by atoms with E-state index in [1.807, 2.05) is 0 Å². The lowest BCUT2D eigenvalue weighted by Gasteiger charge is -2.22. The van der Waals surface area contributed by atoms with Crippen molar-refractivity contribution in [1.82, 2.24) is 9.21 Å². The van der Waals surface area contributed by atoms with Crippen LogP contribution in [0.15, 0.2) is 53.4 Å². The molecular weight excluding hydrogens is 350 g/mol. The van der Waals surface area contributed by atoms with Crippen LogP contribution in [0.3, 0.4) is 0 Å². The minimum atomic E-state index is -3.92. The first-order valence-corrected chi connectivity index (χ1v) is 8.85. The zero-order chi connectivity index (χ0) is 18.6. The first-order chi connectivity index (χ1) is 11.7. The number of amides is 1. The van der Waals surface area contributed by atoms with Crippen molar-refractivity contribution in [2.24, 2.45) is 0 Å². The minimum Gasteiger partial charge on any atom is -0.340 e. The van der Waals surface area contributed by atoms with Gasteiger partial charge in [0.25, 0.3) is 0 Å². The quantitative estimate of drug-likeness (QED) is 0.786. The number of nitrogens with zero attached hydrogens (tertiary/aromatic N) is 2. The van der Waals surface area contributed by atoms with Crippen molar-refractivity contribution in [3.8, 4) is 0 Å². The SMILES string of the molecule is CN(Cc1ccccc1F)C(=O)CN(C)S(=O)(=O)c1ccc(F)cc1. The Bertz CT molecular complexity index is 854. The molecule has 2 aromatic carbocycles. The van der Waals surface area contributed by atoms with Gasteiger partial charge in [0, 0.05) is 26.2 Å². The van der Waals surface area contributed by atoms with Gasteiger partial charge in [0.05, 0.1) is 11.4 Å². The molecule has 0 heterocycles. The third kappa shape index (κ3) is 4.61. The third-order valence-electron chi connectivity index (χ3n) is 3.67. The van der Waals surface area contributed by atoms with Crippen molar-refractivity contribution < 1.29 is 22.0 Å². The van der Waals surface area contributed by atoms with E-state index >= 15 is 0 Å². The van der Waals surface area contributed by atoms with Crippen molar-refractivity contribution in [3.63, 3.8) is 0 Å². The van der Waals surface area contributed by atoms with Gasteiger partial charge in [-0.2, -0.15) is 4.31 Å². The molecule has 0 bridgehead atoms. The predicted octanol–water partition coefficient (Wildman–Crippen LogP) is 2.24. The lowest BCUT2D eigenvalue weighted by atomic mass is 10.2. The third-order valence-corrected chi connectivity index (χ3v) is 5.49. The summed E-state index contributed by atoms with van der Waals surface area (Å²) in [6.45, 7) is -0.388. The second-order valence-corrected chi connectivity index (χ2v) is 7.60. The minimum absolute atomic E-state index is 0.0238. The molecule has 0 saturated carbocycles. The fourth-order valence-electron chi connectivity index (χ4n) is 2.15. The number of halogens is 2. The summed E-state index contributed by atoms with van der Waals surface area (Å²) in [6.07, 6.45) is 0. The number of benzene rings is 2. The molecule has 25 heavy (non-hydrogen) atoms. The fraction of sp³-hybridized carbons (Fsp3) is 0.235. The van der Waals surface area contributed by atoms with Gasteiger partial charge >= 0.3 is 0 Å². The van der Waals surface area contributed by atoms with Crippen LogP contribution in [0.4, 0.5) is 8.78 Å². The molecule has 0 unspecified atom stereocenters. The summed E-state index contributed by atoms with van der Waals surface area (Å²) in [5.74, 6) is -1.48. The van der Waals surface area contributed by atoms with Crippen LogP contribution < -0.4 is 0 Å². The second-order valence-electron chi connectivity index (χ2n) is 5.56. The molecule has 0 fully saturated rings. The average molecular weight is 368 g/mol. The Hall–Kier alpha value is -2.32. The van der Waals surface area contributed by atoms with Crippen molar-refractivity contribution >= 4 is 15.9 Å². The van der Waals surface area contributed by atoms with Crippen molar-refractivity contribution in [1.29, 1.82) is 0 Å². The Balaban J connectivity index is 2.06. The van der Waals surface area contributed by atoms with Gasteiger partial charge in [0.15, 0.2) is 0 Å². The Morgan fingerprint density at radius 1 is 1.00 bits per heavy atom. The molecule has 0 radical (unpaired) electrons. The molecular formula is C17H18F2N2O3S. The summed E-state index contributed by atoms with van der Waals surface area (Å²) in [5, 5.41) is 0. The molecule has 0 aromatic heterocycles. The second kappa shape index (κ2) is 7.71. The van der Waals surface area contributed by atoms with Crippen LogP contribution in [0.5, 0.6) is 0 Å². The molecule has 0 saturated heterocycles. The number of carbonyl (C=O) groups excluding carboxylic acids is 1. The van der Waals surface area contributed by atoms with Crippen molar-refractivity contribution in [2.45, 2.75) is 11.4 Å². The molecule has 0 N–H and O–H groups in total. The number of sulfonamides is 1. The first-order valence-electron chi connectivity index (χ1n) is 7.41. The van der Waals surface area contributed by atoms with E-state index in [2.05, 4.69) is 0 Å². The standard InChI is InChI=1S/C17H18F2N2O3S/c1-20(11-13-5-3-4-6-16(13)19)17(22)12-21(2)25(23,24)15-9-7-14(18)8-10-15/h3-10H,11-12H2,1-2H3. The van der Waals surface area contributed by atoms with Gasteiger partial charge in [-0.3, -0.25) is 4.79 Å². The number of carbonyl (C=O) groups is 1. The molecule has 8 heteroatoms. The highest BCUT2D eigenvalue weighted by molar-refractivity contribution is 7.89. The van der Waals surface area contributed by atoms with Gasteiger partial charge in [-0.15, -0.1) is 0 Å². The van der Waals surface area contributed by atoms with Crippen molar-refractivity contribution in [3.05, 3.63) is 65.7 Å². The Labute approximate surface area is 145 Å².